The fraction of sp³-hybridized carbons (Fsp3) is 0.304. The van der Waals surface area contributed by atoms with Gasteiger partial charge in [0.25, 0.3) is 0 Å². The molecule has 1 amide bonds. The Balaban J connectivity index is 1.72. The normalized spacial score (nSPS) is 11.0. The third kappa shape index (κ3) is 5.06. The average Bonchev–Trinajstić information content (AvgIpc) is 2.73. The van der Waals surface area contributed by atoms with Gasteiger partial charge in [-0.3, -0.25) is 4.79 Å². The average molecular weight is 414 g/mol. The molecule has 146 valence electrons. The molecular formula is C23H26ClN2OS+. The van der Waals surface area contributed by atoms with Gasteiger partial charge in [-0.25, -0.2) is 0 Å². The van der Waals surface area contributed by atoms with Crippen LogP contribution >= 0.6 is 23.4 Å². The van der Waals surface area contributed by atoms with Crippen molar-refractivity contribution in [3.05, 3.63) is 65.8 Å². The molecule has 0 saturated heterocycles. The monoisotopic (exact) mass is 413 g/mol. The number of anilines is 1. The molecule has 3 nitrogen and oxygen atoms in total. The summed E-state index contributed by atoms with van der Waals surface area (Å²) in [5, 5.41) is 1.87. The molecule has 5 heteroatoms. The molecule has 2 aromatic carbocycles. The highest BCUT2D eigenvalue weighted by Crippen LogP contribution is 2.27. The second-order valence-electron chi connectivity index (χ2n) is 6.82. The second-order valence-corrected chi connectivity index (χ2v) is 8.27. The number of aromatic nitrogens is 1. The predicted octanol–water partition coefficient (Wildman–Crippen LogP) is 5.73. The van der Waals surface area contributed by atoms with Gasteiger partial charge < -0.3 is 4.90 Å². The van der Waals surface area contributed by atoms with Crippen molar-refractivity contribution in [2.24, 2.45) is 0 Å². The van der Waals surface area contributed by atoms with Crippen LogP contribution in [0.4, 0.5) is 5.69 Å². The van der Waals surface area contributed by atoms with Gasteiger partial charge in [-0.1, -0.05) is 37.1 Å². The Bertz CT molecular complexity index is 943. The van der Waals surface area contributed by atoms with Crippen LogP contribution in [0.15, 0.2) is 65.7 Å². The SMILES string of the molecule is CCCCC[n+]1ccc(SCC(=O)N(C)c2ccc(Cl)cc2)c2ccccc21. The van der Waals surface area contributed by atoms with Crippen LogP contribution in [0.2, 0.25) is 5.02 Å². The van der Waals surface area contributed by atoms with Gasteiger partial charge in [-0.05, 0) is 36.8 Å². The van der Waals surface area contributed by atoms with Gasteiger partial charge in [0, 0.05) is 41.2 Å². The van der Waals surface area contributed by atoms with Gasteiger partial charge >= 0.3 is 0 Å². The van der Waals surface area contributed by atoms with E-state index in [2.05, 4.69) is 48.0 Å². The lowest BCUT2D eigenvalue weighted by molar-refractivity contribution is -0.672. The molecule has 0 N–H and O–H groups in total. The minimum atomic E-state index is 0.0658. The molecule has 0 aliphatic carbocycles. The van der Waals surface area contributed by atoms with E-state index in [0.29, 0.717) is 10.8 Å². The topological polar surface area (TPSA) is 24.2 Å². The summed E-state index contributed by atoms with van der Waals surface area (Å²) in [7, 11) is 1.80. The molecule has 0 radical (unpaired) electrons. The lowest BCUT2D eigenvalue weighted by atomic mass is 10.2. The van der Waals surface area contributed by atoms with Crippen LogP contribution in [0.5, 0.6) is 0 Å². The number of hydrogen-bond acceptors (Lipinski definition) is 2. The Labute approximate surface area is 176 Å². The Morgan fingerprint density at radius 3 is 2.57 bits per heavy atom. The Kier molecular flexibility index (Phi) is 7.35. The zero-order valence-corrected chi connectivity index (χ0v) is 18.0. The van der Waals surface area contributed by atoms with Crippen LogP contribution in [0.25, 0.3) is 10.9 Å². The third-order valence-electron chi connectivity index (χ3n) is 4.83. The zero-order valence-electron chi connectivity index (χ0n) is 16.4. The van der Waals surface area contributed by atoms with Crippen LogP contribution < -0.4 is 9.47 Å². The summed E-state index contributed by atoms with van der Waals surface area (Å²) >= 11 is 7.53. The number of fused-ring (bicyclic) bond motifs is 1. The maximum absolute atomic E-state index is 12.6. The molecule has 1 aromatic heterocycles. The van der Waals surface area contributed by atoms with Crippen molar-refractivity contribution in [2.45, 2.75) is 37.6 Å². The highest BCUT2D eigenvalue weighted by atomic mass is 35.5. The van der Waals surface area contributed by atoms with Gasteiger partial charge in [-0.15, -0.1) is 11.8 Å². The third-order valence-corrected chi connectivity index (χ3v) is 6.14. The van der Waals surface area contributed by atoms with Crippen molar-refractivity contribution < 1.29 is 9.36 Å². The van der Waals surface area contributed by atoms with Crippen LogP contribution in [0, 0.1) is 0 Å². The molecule has 0 saturated carbocycles. The van der Waals surface area contributed by atoms with Crippen molar-refractivity contribution >= 4 is 45.9 Å². The molecule has 0 atom stereocenters. The number of halogens is 1. The summed E-state index contributed by atoms with van der Waals surface area (Å²) in [5.41, 5.74) is 2.07. The number of nitrogens with zero attached hydrogens (tertiary/aromatic N) is 2. The molecular weight excluding hydrogens is 388 g/mol. The minimum Gasteiger partial charge on any atom is -0.315 e. The van der Waals surface area contributed by atoms with E-state index in [0.717, 1.165) is 17.1 Å². The number of carbonyl (C=O) groups excluding carboxylic acids is 1. The first kappa shape index (κ1) is 20.7. The predicted molar refractivity (Wildman–Crippen MR) is 119 cm³/mol. The number of aryl methyl sites for hydroxylation is 1. The first-order valence-corrected chi connectivity index (χ1v) is 11.0. The number of thioether (sulfide) groups is 1. The first-order valence-electron chi connectivity index (χ1n) is 9.66. The molecule has 0 fully saturated rings. The van der Waals surface area contributed by atoms with E-state index >= 15 is 0 Å². The first-order chi connectivity index (χ1) is 13.6. The van der Waals surface area contributed by atoms with E-state index in [1.807, 2.05) is 12.1 Å². The molecule has 3 rings (SSSR count). The van der Waals surface area contributed by atoms with Gasteiger partial charge in [0.2, 0.25) is 11.4 Å². The van der Waals surface area contributed by atoms with Crippen molar-refractivity contribution in [1.82, 2.24) is 0 Å². The van der Waals surface area contributed by atoms with E-state index in [1.54, 1.807) is 35.8 Å². The van der Waals surface area contributed by atoms with Crippen LogP contribution in [0.1, 0.15) is 26.2 Å². The summed E-state index contributed by atoms with van der Waals surface area (Å²) in [6, 6.07) is 17.9. The number of carbonyl (C=O) groups is 1. The molecule has 0 unspecified atom stereocenters. The number of para-hydroxylation sites is 1. The van der Waals surface area contributed by atoms with Crippen molar-refractivity contribution in [1.29, 1.82) is 0 Å². The largest absolute Gasteiger partial charge is 0.315 e. The molecule has 28 heavy (non-hydrogen) atoms. The Morgan fingerprint density at radius 2 is 1.82 bits per heavy atom. The number of amides is 1. The van der Waals surface area contributed by atoms with E-state index in [4.69, 9.17) is 11.6 Å². The van der Waals surface area contributed by atoms with Crippen LogP contribution in [-0.4, -0.2) is 18.7 Å². The highest BCUT2D eigenvalue weighted by Gasteiger charge is 2.15. The second kappa shape index (κ2) is 9.94. The van der Waals surface area contributed by atoms with Gasteiger partial charge in [-0.2, -0.15) is 4.57 Å². The molecule has 3 aromatic rings. The standard InChI is InChI=1S/C23H26ClN2OS/c1-3-4-7-15-26-16-14-22(20-8-5-6-9-21(20)26)28-17-23(27)25(2)19-12-10-18(24)11-13-19/h5-6,8-14,16H,3-4,7,15,17H2,1-2H3/q+1. The zero-order chi connectivity index (χ0) is 19.9. The summed E-state index contributed by atoms with van der Waals surface area (Å²) in [6.07, 6.45) is 5.79. The molecule has 1 heterocycles. The fourth-order valence-electron chi connectivity index (χ4n) is 3.16. The van der Waals surface area contributed by atoms with Gasteiger partial charge in [0.1, 0.15) is 6.54 Å². The Hall–Kier alpha value is -2.04. The van der Waals surface area contributed by atoms with Gasteiger partial charge in [0.05, 0.1) is 11.1 Å². The number of unbranched alkanes of at least 4 members (excludes halogenated alkanes) is 2. The quantitative estimate of drug-likeness (QED) is 0.267. The molecule has 0 aliphatic heterocycles. The summed E-state index contributed by atoms with van der Waals surface area (Å²) in [5.74, 6) is 0.458. The Morgan fingerprint density at radius 1 is 1.07 bits per heavy atom. The van der Waals surface area contributed by atoms with Crippen LogP contribution in [0.3, 0.4) is 0 Å². The maximum atomic E-state index is 12.6. The van der Waals surface area contributed by atoms with E-state index in [9.17, 15) is 4.79 Å². The lowest BCUT2D eigenvalue weighted by Crippen LogP contribution is -2.34. The minimum absolute atomic E-state index is 0.0658. The van der Waals surface area contributed by atoms with E-state index < -0.39 is 0 Å². The molecule has 0 spiro atoms. The number of pyridine rings is 1. The summed E-state index contributed by atoms with van der Waals surface area (Å²) in [4.78, 5) is 15.5. The summed E-state index contributed by atoms with van der Waals surface area (Å²) < 4.78 is 2.32. The van der Waals surface area contributed by atoms with Crippen molar-refractivity contribution in [2.75, 3.05) is 17.7 Å². The number of hydrogen-bond donors (Lipinski definition) is 0. The molecule has 0 bridgehead atoms. The lowest BCUT2D eigenvalue weighted by Gasteiger charge is -2.17. The van der Waals surface area contributed by atoms with Crippen molar-refractivity contribution in [3.63, 3.8) is 0 Å². The highest BCUT2D eigenvalue weighted by molar-refractivity contribution is 8.00. The van der Waals surface area contributed by atoms with E-state index in [-0.39, 0.29) is 5.91 Å². The van der Waals surface area contributed by atoms with Crippen molar-refractivity contribution in [3.8, 4) is 0 Å². The fourth-order valence-corrected chi connectivity index (χ4v) is 4.24. The summed E-state index contributed by atoms with van der Waals surface area (Å²) in [6.45, 7) is 3.25. The van der Waals surface area contributed by atoms with Crippen LogP contribution in [-0.2, 0) is 11.3 Å². The smallest absolute Gasteiger partial charge is 0.237 e. The van der Waals surface area contributed by atoms with Gasteiger partial charge in [0.15, 0.2) is 6.20 Å². The molecule has 0 aliphatic rings. The number of benzene rings is 2. The van der Waals surface area contributed by atoms with E-state index in [1.165, 1.54) is 30.2 Å². The maximum Gasteiger partial charge on any atom is 0.237 e. The number of rotatable bonds is 8.